The summed E-state index contributed by atoms with van der Waals surface area (Å²) in [6.45, 7) is 1.71. The van der Waals surface area contributed by atoms with Crippen LogP contribution in [0.25, 0.3) is 0 Å². The van der Waals surface area contributed by atoms with Crippen LogP contribution in [0.15, 0.2) is 36.7 Å². The van der Waals surface area contributed by atoms with Crippen molar-refractivity contribution in [2.75, 3.05) is 11.9 Å². The number of anilines is 1. The summed E-state index contributed by atoms with van der Waals surface area (Å²) in [6, 6.07) is 7.07. The molecule has 1 aromatic heterocycles. The van der Waals surface area contributed by atoms with Crippen LogP contribution in [0.3, 0.4) is 0 Å². The number of amides is 1. The summed E-state index contributed by atoms with van der Waals surface area (Å²) >= 11 is 0. The van der Waals surface area contributed by atoms with Gasteiger partial charge in [-0.15, -0.1) is 0 Å². The summed E-state index contributed by atoms with van der Waals surface area (Å²) in [5, 5.41) is 18.8. The van der Waals surface area contributed by atoms with E-state index in [4.69, 9.17) is 5.11 Å². The smallest absolute Gasteiger partial charge is 0.257 e. The molecule has 0 bridgehead atoms. The highest BCUT2D eigenvalue weighted by Crippen LogP contribution is 2.15. The molecule has 0 aliphatic heterocycles. The third-order valence-electron chi connectivity index (χ3n) is 2.49. The Labute approximate surface area is 116 Å². The first-order chi connectivity index (χ1) is 9.69. The summed E-state index contributed by atoms with van der Waals surface area (Å²) < 4.78 is 0. The highest BCUT2D eigenvalue weighted by Gasteiger charge is 2.06. The van der Waals surface area contributed by atoms with E-state index in [0.29, 0.717) is 11.3 Å². The Bertz CT molecular complexity index is 673. The predicted molar refractivity (Wildman–Crippen MR) is 75.1 cm³/mol. The molecule has 0 aliphatic carbocycles. The maximum absolute atomic E-state index is 12.0. The molecule has 1 aromatic carbocycles. The molecule has 5 heteroatoms. The Morgan fingerprint density at radius 3 is 2.90 bits per heavy atom. The second-order valence-electron chi connectivity index (χ2n) is 4.13. The van der Waals surface area contributed by atoms with Gasteiger partial charge in [0.1, 0.15) is 6.61 Å². The third-order valence-corrected chi connectivity index (χ3v) is 2.49. The van der Waals surface area contributed by atoms with Crippen molar-refractivity contribution in [3.63, 3.8) is 0 Å². The van der Waals surface area contributed by atoms with E-state index < -0.39 is 0 Å². The Balaban J connectivity index is 2.21. The zero-order valence-corrected chi connectivity index (χ0v) is 10.9. The van der Waals surface area contributed by atoms with E-state index >= 15 is 0 Å². The van der Waals surface area contributed by atoms with E-state index in [0.717, 1.165) is 11.1 Å². The number of hydrogen-bond acceptors (Lipinski definition) is 4. The largest absolute Gasteiger partial charge is 0.384 e. The molecule has 0 radical (unpaired) electrons. The SMILES string of the molecule is Cc1cc(C#CCO)cc(NC(=O)c2ccnnc2)c1. The molecular formula is C15H13N3O2. The molecule has 0 saturated heterocycles. The monoisotopic (exact) mass is 267 g/mol. The molecule has 0 spiro atoms. The number of aromatic nitrogens is 2. The maximum atomic E-state index is 12.0. The summed E-state index contributed by atoms with van der Waals surface area (Å²) in [5.41, 5.74) is 2.79. The number of nitrogens with zero attached hydrogens (tertiary/aromatic N) is 2. The summed E-state index contributed by atoms with van der Waals surface area (Å²) in [4.78, 5) is 12.0. The van der Waals surface area contributed by atoms with Gasteiger partial charge in [0.2, 0.25) is 0 Å². The first-order valence-electron chi connectivity index (χ1n) is 5.98. The van der Waals surface area contributed by atoms with Crippen molar-refractivity contribution in [2.45, 2.75) is 6.92 Å². The van der Waals surface area contributed by atoms with Gasteiger partial charge in [-0.1, -0.05) is 11.8 Å². The number of rotatable bonds is 2. The highest BCUT2D eigenvalue weighted by atomic mass is 16.2. The highest BCUT2D eigenvalue weighted by molar-refractivity contribution is 6.04. The Kier molecular flexibility index (Phi) is 4.43. The number of benzene rings is 1. The topological polar surface area (TPSA) is 75.1 Å². The van der Waals surface area contributed by atoms with Crippen LogP contribution in [0.1, 0.15) is 21.5 Å². The minimum atomic E-state index is -0.258. The van der Waals surface area contributed by atoms with Crippen molar-refractivity contribution in [3.05, 3.63) is 53.3 Å². The van der Waals surface area contributed by atoms with Gasteiger partial charge in [0.15, 0.2) is 0 Å². The van der Waals surface area contributed by atoms with Crippen molar-refractivity contribution in [1.82, 2.24) is 10.2 Å². The number of carbonyl (C=O) groups is 1. The molecule has 100 valence electrons. The fraction of sp³-hybridized carbons (Fsp3) is 0.133. The van der Waals surface area contributed by atoms with E-state index in [1.807, 2.05) is 19.1 Å². The standard InChI is InChI=1S/C15H13N3O2/c1-11-7-12(3-2-6-19)9-14(8-11)18-15(20)13-4-5-16-17-10-13/h4-5,7-10,19H,6H2,1H3,(H,18,20). The van der Waals surface area contributed by atoms with E-state index in [2.05, 4.69) is 27.4 Å². The normalized spacial score (nSPS) is 9.50. The van der Waals surface area contributed by atoms with Gasteiger partial charge in [-0.3, -0.25) is 4.79 Å². The van der Waals surface area contributed by atoms with Gasteiger partial charge in [0.05, 0.1) is 18.0 Å². The Morgan fingerprint density at radius 1 is 1.35 bits per heavy atom. The molecule has 1 heterocycles. The lowest BCUT2D eigenvalue weighted by Crippen LogP contribution is -2.12. The van der Waals surface area contributed by atoms with Crippen molar-refractivity contribution < 1.29 is 9.90 Å². The third kappa shape index (κ3) is 3.64. The van der Waals surface area contributed by atoms with Crippen LogP contribution >= 0.6 is 0 Å². The molecule has 1 amide bonds. The zero-order chi connectivity index (χ0) is 14.4. The Morgan fingerprint density at radius 2 is 2.20 bits per heavy atom. The van der Waals surface area contributed by atoms with Gasteiger partial charge >= 0.3 is 0 Å². The van der Waals surface area contributed by atoms with Crippen LogP contribution in [-0.4, -0.2) is 27.8 Å². The van der Waals surface area contributed by atoms with Crippen LogP contribution in [0, 0.1) is 18.8 Å². The van der Waals surface area contributed by atoms with E-state index in [1.54, 1.807) is 12.1 Å². The molecule has 2 rings (SSSR count). The number of carbonyl (C=O) groups excluding carboxylic acids is 1. The molecule has 5 nitrogen and oxygen atoms in total. The number of nitrogens with one attached hydrogen (secondary N) is 1. The first-order valence-corrected chi connectivity index (χ1v) is 5.98. The average Bonchev–Trinajstić information content (AvgIpc) is 2.45. The minimum absolute atomic E-state index is 0.196. The van der Waals surface area contributed by atoms with Crippen molar-refractivity contribution in [2.24, 2.45) is 0 Å². The van der Waals surface area contributed by atoms with Gasteiger partial charge in [-0.2, -0.15) is 10.2 Å². The molecule has 2 N–H and O–H groups in total. The minimum Gasteiger partial charge on any atom is -0.384 e. The van der Waals surface area contributed by atoms with E-state index in [9.17, 15) is 4.79 Å². The molecule has 20 heavy (non-hydrogen) atoms. The van der Waals surface area contributed by atoms with Crippen LogP contribution in [0.5, 0.6) is 0 Å². The van der Waals surface area contributed by atoms with Crippen LogP contribution in [0.2, 0.25) is 0 Å². The number of hydrogen-bond donors (Lipinski definition) is 2. The second-order valence-corrected chi connectivity index (χ2v) is 4.13. The fourth-order valence-electron chi connectivity index (χ4n) is 1.70. The summed E-state index contributed by atoms with van der Waals surface area (Å²) in [7, 11) is 0. The molecule has 0 atom stereocenters. The van der Waals surface area contributed by atoms with Gasteiger partial charge in [-0.05, 0) is 36.8 Å². The predicted octanol–water partition coefficient (Wildman–Crippen LogP) is 1.38. The summed E-state index contributed by atoms with van der Waals surface area (Å²) in [5.74, 6) is 5.14. The molecule has 0 fully saturated rings. The molecular weight excluding hydrogens is 254 g/mol. The second kappa shape index (κ2) is 6.45. The summed E-state index contributed by atoms with van der Waals surface area (Å²) in [6.07, 6.45) is 2.86. The molecule has 0 unspecified atom stereocenters. The van der Waals surface area contributed by atoms with Crippen molar-refractivity contribution in [3.8, 4) is 11.8 Å². The van der Waals surface area contributed by atoms with Crippen LogP contribution in [-0.2, 0) is 0 Å². The van der Waals surface area contributed by atoms with E-state index in [1.165, 1.54) is 12.4 Å². The van der Waals surface area contributed by atoms with Crippen molar-refractivity contribution in [1.29, 1.82) is 0 Å². The van der Waals surface area contributed by atoms with Crippen LogP contribution in [0.4, 0.5) is 5.69 Å². The lowest BCUT2D eigenvalue weighted by molar-refractivity contribution is 0.102. The average molecular weight is 267 g/mol. The first kappa shape index (κ1) is 13.7. The van der Waals surface area contributed by atoms with Gasteiger partial charge in [0, 0.05) is 11.3 Å². The van der Waals surface area contributed by atoms with Crippen LogP contribution < -0.4 is 5.32 Å². The van der Waals surface area contributed by atoms with Gasteiger partial charge in [0.25, 0.3) is 5.91 Å². The van der Waals surface area contributed by atoms with E-state index in [-0.39, 0.29) is 12.5 Å². The van der Waals surface area contributed by atoms with Gasteiger partial charge < -0.3 is 10.4 Å². The maximum Gasteiger partial charge on any atom is 0.257 e. The number of aryl methyl sites for hydroxylation is 1. The van der Waals surface area contributed by atoms with Crippen molar-refractivity contribution >= 4 is 11.6 Å². The number of aliphatic hydroxyl groups excluding tert-OH is 1. The quantitative estimate of drug-likeness (QED) is 0.806. The Hall–Kier alpha value is -2.71. The molecule has 0 aliphatic rings. The van der Waals surface area contributed by atoms with Gasteiger partial charge in [-0.25, -0.2) is 0 Å². The molecule has 2 aromatic rings. The molecule has 0 saturated carbocycles. The number of aliphatic hydroxyl groups is 1. The lowest BCUT2D eigenvalue weighted by Gasteiger charge is -2.06. The lowest BCUT2D eigenvalue weighted by atomic mass is 10.1. The fourth-order valence-corrected chi connectivity index (χ4v) is 1.70. The zero-order valence-electron chi connectivity index (χ0n) is 10.9.